The van der Waals surface area contributed by atoms with Crippen molar-refractivity contribution in [3.63, 3.8) is 0 Å². The van der Waals surface area contributed by atoms with Gasteiger partial charge in [-0.2, -0.15) is 0 Å². The lowest BCUT2D eigenvalue weighted by Gasteiger charge is -2.28. The maximum atomic E-state index is 12.9. The van der Waals surface area contributed by atoms with Crippen LogP contribution < -0.4 is 0 Å². The van der Waals surface area contributed by atoms with Crippen LogP contribution in [0.5, 0.6) is 0 Å². The minimum absolute atomic E-state index is 0.0419. The van der Waals surface area contributed by atoms with Gasteiger partial charge in [0.15, 0.2) is 0 Å². The number of amides is 2. The van der Waals surface area contributed by atoms with E-state index in [0.29, 0.717) is 35.1 Å². The molecule has 0 saturated carbocycles. The summed E-state index contributed by atoms with van der Waals surface area (Å²) >= 11 is 12.0. The Bertz CT molecular complexity index is 811. The van der Waals surface area contributed by atoms with Crippen molar-refractivity contribution in [3.05, 3.63) is 69.7 Å². The lowest BCUT2D eigenvalue weighted by Crippen LogP contribution is -2.46. The van der Waals surface area contributed by atoms with Crippen LogP contribution in [0.15, 0.2) is 48.5 Å². The Morgan fingerprint density at radius 3 is 2.54 bits per heavy atom. The van der Waals surface area contributed by atoms with E-state index in [0.717, 1.165) is 12.0 Å². The first-order chi connectivity index (χ1) is 12.5. The van der Waals surface area contributed by atoms with Crippen LogP contribution in [-0.2, 0) is 11.3 Å². The van der Waals surface area contributed by atoms with Crippen LogP contribution in [0.1, 0.15) is 28.8 Å². The van der Waals surface area contributed by atoms with Crippen LogP contribution in [-0.4, -0.2) is 41.2 Å². The Balaban J connectivity index is 1.73. The predicted octanol–water partition coefficient (Wildman–Crippen LogP) is 4.26. The number of benzene rings is 2. The van der Waals surface area contributed by atoms with Crippen molar-refractivity contribution in [3.8, 4) is 0 Å². The number of likely N-dealkylation sites (N-methyl/N-ethyl adjacent to an activating group) is 1. The Labute approximate surface area is 163 Å². The van der Waals surface area contributed by atoms with Gasteiger partial charge in [-0.1, -0.05) is 53.5 Å². The van der Waals surface area contributed by atoms with Gasteiger partial charge in [-0.05, 0) is 36.6 Å². The van der Waals surface area contributed by atoms with E-state index in [9.17, 15) is 9.59 Å². The largest absolute Gasteiger partial charge is 0.340 e. The third-order valence-corrected chi connectivity index (χ3v) is 5.34. The molecule has 136 valence electrons. The Hall–Kier alpha value is -2.04. The van der Waals surface area contributed by atoms with Gasteiger partial charge >= 0.3 is 0 Å². The normalized spacial score (nSPS) is 16.6. The molecule has 2 amide bonds. The summed E-state index contributed by atoms with van der Waals surface area (Å²) in [4.78, 5) is 29.1. The monoisotopic (exact) mass is 390 g/mol. The van der Waals surface area contributed by atoms with E-state index >= 15 is 0 Å². The van der Waals surface area contributed by atoms with E-state index in [2.05, 4.69) is 0 Å². The lowest BCUT2D eigenvalue weighted by atomic mass is 10.1. The van der Waals surface area contributed by atoms with Gasteiger partial charge in [0.05, 0.1) is 10.0 Å². The van der Waals surface area contributed by atoms with Gasteiger partial charge < -0.3 is 9.80 Å². The molecule has 3 rings (SSSR count). The summed E-state index contributed by atoms with van der Waals surface area (Å²) in [5, 5.41) is 0.737. The Kier molecular flexibility index (Phi) is 5.84. The fourth-order valence-electron chi connectivity index (χ4n) is 3.25. The van der Waals surface area contributed by atoms with Gasteiger partial charge in [-0.15, -0.1) is 0 Å². The molecule has 6 heteroatoms. The minimum atomic E-state index is -0.439. The average molecular weight is 391 g/mol. The van der Waals surface area contributed by atoms with Gasteiger partial charge in [0.2, 0.25) is 5.91 Å². The van der Waals surface area contributed by atoms with Crippen molar-refractivity contribution in [1.29, 1.82) is 0 Å². The van der Waals surface area contributed by atoms with Gasteiger partial charge in [0, 0.05) is 25.7 Å². The molecule has 1 atom stereocenters. The molecule has 1 saturated heterocycles. The topological polar surface area (TPSA) is 40.6 Å². The molecule has 1 heterocycles. The van der Waals surface area contributed by atoms with Gasteiger partial charge in [0.25, 0.3) is 5.91 Å². The molecule has 2 aromatic rings. The first kappa shape index (κ1) is 18.7. The van der Waals surface area contributed by atoms with Crippen molar-refractivity contribution >= 4 is 35.0 Å². The van der Waals surface area contributed by atoms with Crippen LogP contribution in [0, 0.1) is 0 Å². The molecule has 1 aliphatic heterocycles. The van der Waals surface area contributed by atoms with Crippen molar-refractivity contribution < 1.29 is 9.59 Å². The molecule has 0 aliphatic carbocycles. The summed E-state index contributed by atoms with van der Waals surface area (Å²) in [5.41, 5.74) is 1.51. The second-order valence-electron chi connectivity index (χ2n) is 6.47. The zero-order valence-corrected chi connectivity index (χ0v) is 16.0. The molecule has 1 aliphatic rings. The van der Waals surface area contributed by atoms with Crippen molar-refractivity contribution in [2.24, 2.45) is 0 Å². The summed E-state index contributed by atoms with van der Waals surface area (Å²) in [6.07, 6.45) is 1.48. The maximum Gasteiger partial charge on any atom is 0.254 e. The molecule has 4 nitrogen and oxygen atoms in total. The number of carbonyl (C=O) groups excluding carboxylic acids is 2. The molecular weight excluding hydrogens is 371 g/mol. The second-order valence-corrected chi connectivity index (χ2v) is 7.28. The number of rotatable bonds is 4. The Morgan fingerprint density at radius 2 is 1.85 bits per heavy atom. The van der Waals surface area contributed by atoms with Gasteiger partial charge in [-0.3, -0.25) is 9.59 Å². The molecule has 0 spiro atoms. The van der Waals surface area contributed by atoms with Crippen LogP contribution in [0.25, 0.3) is 0 Å². The molecule has 0 unspecified atom stereocenters. The van der Waals surface area contributed by atoms with Gasteiger partial charge in [-0.25, -0.2) is 0 Å². The summed E-state index contributed by atoms with van der Waals surface area (Å²) in [5.74, 6) is -0.229. The smallest absolute Gasteiger partial charge is 0.254 e. The van der Waals surface area contributed by atoms with Crippen molar-refractivity contribution in [2.45, 2.75) is 25.4 Å². The van der Waals surface area contributed by atoms with E-state index < -0.39 is 6.04 Å². The molecule has 0 N–H and O–H groups in total. The molecule has 0 radical (unpaired) electrons. The highest BCUT2D eigenvalue weighted by Crippen LogP contribution is 2.26. The number of nitrogens with zero attached hydrogens (tertiary/aromatic N) is 2. The molecular formula is C20H20Cl2N2O2. The van der Waals surface area contributed by atoms with E-state index in [1.54, 1.807) is 35.0 Å². The van der Waals surface area contributed by atoms with Crippen LogP contribution in [0.3, 0.4) is 0 Å². The maximum absolute atomic E-state index is 12.9. The third kappa shape index (κ3) is 4.02. The van der Waals surface area contributed by atoms with Crippen LogP contribution in [0.2, 0.25) is 10.0 Å². The second kappa shape index (κ2) is 8.11. The highest BCUT2D eigenvalue weighted by Gasteiger charge is 2.36. The first-order valence-electron chi connectivity index (χ1n) is 8.52. The minimum Gasteiger partial charge on any atom is -0.340 e. The molecule has 0 aromatic heterocycles. The molecule has 2 aromatic carbocycles. The fourth-order valence-corrected chi connectivity index (χ4v) is 3.55. The lowest BCUT2D eigenvalue weighted by molar-refractivity contribution is -0.134. The number of halogens is 2. The van der Waals surface area contributed by atoms with Gasteiger partial charge in [0.1, 0.15) is 6.04 Å². The van der Waals surface area contributed by atoms with Crippen LogP contribution in [0.4, 0.5) is 0 Å². The summed E-state index contributed by atoms with van der Waals surface area (Å²) in [6.45, 7) is 1.08. The highest BCUT2D eigenvalue weighted by atomic mass is 35.5. The zero-order chi connectivity index (χ0) is 18.7. The summed E-state index contributed by atoms with van der Waals surface area (Å²) < 4.78 is 0. The highest BCUT2D eigenvalue weighted by molar-refractivity contribution is 6.42. The standard InChI is InChI=1S/C20H20Cl2N2O2/c1-23(13-14-6-3-2-4-7-14)20(26)18-8-5-11-24(18)19(25)15-9-10-16(21)17(22)12-15/h2-4,6-7,9-10,12,18H,5,8,11,13H2,1H3/t18-/m0/s1. The Morgan fingerprint density at radius 1 is 1.12 bits per heavy atom. The van der Waals surface area contributed by atoms with E-state index in [1.807, 2.05) is 30.3 Å². The first-order valence-corrected chi connectivity index (χ1v) is 9.28. The predicted molar refractivity (Wildman–Crippen MR) is 103 cm³/mol. The number of likely N-dealkylation sites (tertiary alicyclic amines) is 1. The van der Waals surface area contributed by atoms with E-state index in [4.69, 9.17) is 23.2 Å². The third-order valence-electron chi connectivity index (χ3n) is 4.60. The van der Waals surface area contributed by atoms with Crippen molar-refractivity contribution in [1.82, 2.24) is 9.80 Å². The van der Waals surface area contributed by atoms with E-state index in [-0.39, 0.29) is 11.8 Å². The summed E-state index contributed by atoms with van der Waals surface area (Å²) in [7, 11) is 1.77. The zero-order valence-electron chi connectivity index (χ0n) is 14.5. The molecule has 0 bridgehead atoms. The van der Waals surface area contributed by atoms with E-state index in [1.165, 1.54) is 0 Å². The quantitative estimate of drug-likeness (QED) is 0.782. The number of hydrogen-bond acceptors (Lipinski definition) is 2. The molecule has 1 fully saturated rings. The number of hydrogen-bond donors (Lipinski definition) is 0. The molecule has 26 heavy (non-hydrogen) atoms. The van der Waals surface area contributed by atoms with Crippen LogP contribution >= 0.6 is 23.2 Å². The average Bonchev–Trinajstić information content (AvgIpc) is 3.13. The number of carbonyl (C=O) groups is 2. The summed E-state index contributed by atoms with van der Waals surface area (Å²) in [6, 6.07) is 14.2. The fraction of sp³-hybridized carbons (Fsp3) is 0.300. The SMILES string of the molecule is CN(Cc1ccccc1)C(=O)[C@@H]1CCCN1C(=O)c1ccc(Cl)c(Cl)c1. The van der Waals surface area contributed by atoms with Crippen molar-refractivity contribution in [2.75, 3.05) is 13.6 Å².